The van der Waals surface area contributed by atoms with Crippen LogP contribution in [0.5, 0.6) is 34.5 Å². The Morgan fingerprint density at radius 2 is 0.357 bits per heavy atom. The molecule has 502 valence electrons. The van der Waals surface area contributed by atoms with E-state index < -0.39 is 11.8 Å². The number of rotatable bonds is 12. The van der Waals surface area contributed by atoms with Crippen LogP contribution in [-0.4, -0.2) is 67.9 Å². The van der Waals surface area contributed by atoms with Crippen molar-refractivity contribution in [1.82, 2.24) is 0 Å². The molecule has 0 unspecified atom stereocenters. The number of para-hydroxylation sites is 6. The van der Waals surface area contributed by atoms with Gasteiger partial charge >= 0.3 is 0 Å². The molecule has 0 heterocycles. The van der Waals surface area contributed by atoms with E-state index in [1.54, 1.807) is 37.3 Å². The lowest BCUT2D eigenvalue weighted by Gasteiger charge is -2.43. The third-order valence-electron chi connectivity index (χ3n) is 18.7. The average Bonchev–Trinajstić information content (AvgIpc) is 0.692. The summed E-state index contributed by atoms with van der Waals surface area (Å²) in [6.07, 6.45) is 10.1. The third-order valence-corrected chi connectivity index (χ3v) is 18.7. The van der Waals surface area contributed by atoms with Crippen LogP contribution in [0.4, 0.5) is 34.1 Å². The van der Waals surface area contributed by atoms with Crippen LogP contribution in [-0.2, 0) is 32.5 Å². The number of phenols is 6. The van der Waals surface area contributed by atoms with Gasteiger partial charge in [0.1, 0.15) is 34.5 Å². The molecule has 0 saturated heterocycles. The van der Waals surface area contributed by atoms with Crippen molar-refractivity contribution in [1.29, 1.82) is 0 Å². The fourth-order valence-corrected chi connectivity index (χ4v) is 13.4. The summed E-state index contributed by atoms with van der Waals surface area (Å²) in [5, 5.41) is 71.3. The molecule has 12 heteroatoms. The zero-order valence-corrected chi connectivity index (χ0v) is 59.8. The standard InChI is InChI=1S/C86H92N6O6/c1-81(2,3)61-31-19-25-49(75(61)93)43-87-67-37-55-56(38-68(67)88-44-50-26-20-32-62(76(50)94)82(4,5)6)74-59-41-71(91-47-53-29-23-35-65(79(53)97)85(13,14)15)69(89-45-51-27-21-33-63(77(51)95)83(7,8)9)39-57(59)73(55)58-40-70(90-46-52-28-22-34-64(78(52)96)84(10,11)12)72(42-60(58)74)92-48-54-30-24-36-66(80(54)98)86(16,17)18/h19-48,73-74,93-98H,1-18H3. The van der Waals surface area contributed by atoms with Crippen molar-refractivity contribution in [2.24, 2.45) is 30.0 Å². The first-order chi connectivity index (χ1) is 45.9. The van der Waals surface area contributed by atoms with E-state index in [4.69, 9.17) is 30.0 Å². The highest BCUT2D eigenvalue weighted by atomic mass is 16.3. The van der Waals surface area contributed by atoms with Crippen LogP contribution in [0.2, 0.25) is 0 Å². The molecule has 0 radical (unpaired) electrons. The minimum atomic E-state index is -0.536. The second kappa shape index (κ2) is 25.7. The summed E-state index contributed by atoms with van der Waals surface area (Å²) in [4.78, 5) is 31.4. The van der Waals surface area contributed by atoms with E-state index in [0.717, 1.165) is 66.8 Å². The normalized spacial score (nSPS) is 15.2. The molecule has 98 heavy (non-hydrogen) atoms. The van der Waals surface area contributed by atoms with Gasteiger partial charge in [-0.2, -0.15) is 0 Å². The first-order valence-corrected chi connectivity index (χ1v) is 33.6. The molecule has 9 aromatic rings. The Labute approximate surface area is 578 Å². The Bertz CT molecular complexity index is 4040. The number of phenolic OH excluding ortho intramolecular Hbond substituents is 6. The van der Waals surface area contributed by atoms with E-state index in [1.807, 2.05) is 109 Å². The smallest absolute Gasteiger partial charge is 0.128 e. The van der Waals surface area contributed by atoms with E-state index >= 15 is 0 Å². The highest BCUT2D eigenvalue weighted by Gasteiger charge is 2.44. The summed E-state index contributed by atoms with van der Waals surface area (Å²) in [7, 11) is 0. The molecule has 0 atom stereocenters. The molecule has 0 saturated carbocycles. The molecule has 3 aliphatic rings. The predicted octanol–water partition coefficient (Wildman–Crippen LogP) is 21.2. The van der Waals surface area contributed by atoms with Crippen LogP contribution >= 0.6 is 0 Å². The fourth-order valence-electron chi connectivity index (χ4n) is 13.4. The van der Waals surface area contributed by atoms with Crippen molar-refractivity contribution in [2.45, 2.75) is 169 Å². The van der Waals surface area contributed by atoms with E-state index in [9.17, 15) is 30.6 Å². The molecule has 3 aliphatic carbocycles. The van der Waals surface area contributed by atoms with Crippen LogP contribution in [0.3, 0.4) is 0 Å². The average molecular weight is 1310 g/mol. The zero-order chi connectivity index (χ0) is 70.9. The first-order valence-electron chi connectivity index (χ1n) is 33.6. The molecule has 0 aliphatic heterocycles. The fraction of sp³-hybridized carbons (Fsp3) is 0.302. The third kappa shape index (κ3) is 13.8. The summed E-state index contributed by atoms with van der Waals surface area (Å²) < 4.78 is 0. The van der Waals surface area contributed by atoms with Gasteiger partial charge in [-0.1, -0.05) is 197 Å². The minimum Gasteiger partial charge on any atom is -0.507 e. The summed E-state index contributed by atoms with van der Waals surface area (Å²) in [6.45, 7) is 37.0. The molecule has 0 amide bonds. The van der Waals surface area contributed by atoms with E-state index in [-0.39, 0.29) is 67.0 Å². The minimum absolute atomic E-state index is 0.127. The molecule has 0 fully saturated rings. The lowest BCUT2D eigenvalue weighted by molar-refractivity contribution is 0.445. The molecule has 6 N–H and O–H groups in total. The zero-order valence-electron chi connectivity index (χ0n) is 59.8. The first kappa shape index (κ1) is 69.2. The van der Waals surface area contributed by atoms with Gasteiger partial charge in [-0.25, -0.2) is 0 Å². The Hall–Kier alpha value is -10.2. The number of hydrogen-bond acceptors (Lipinski definition) is 12. The number of benzene rings is 9. The van der Waals surface area contributed by atoms with Gasteiger partial charge in [-0.15, -0.1) is 0 Å². The van der Waals surface area contributed by atoms with Crippen molar-refractivity contribution in [3.63, 3.8) is 0 Å². The maximum Gasteiger partial charge on any atom is 0.128 e. The lowest BCUT2D eigenvalue weighted by atomic mass is 9.60. The van der Waals surface area contributed by atoms with Gasteiger partial charge in [-0.3, -0.25) is 30.0 Å². The summed E-state index contributed by atoms with van der Waals surface area (Å²) in [6, 6.07) is 46.6. The van der Waals surface area contributed by atoms with Crippen LogP contribution in [0.15, 0.2) is 176 Å². The van der Waals surface area contributed by atoms with Gasteiger partial charge in [0.2, 0.25) is 0 Å². The van der Waals surface area contributed by atoms with Crippen molar-refractivity contribution >= 4 is 71.4 Å². The predicted molar refractivity (Wildman–Crippen MR) is 406 cm³/mol. The topological polar surface area (TPSA) is 196 Å². The number of aliphatic imine (C=N–C) groups is 6. The molecule has 12 rings (SSSR count). The van der Waals surface area contributed by atoms with Crippen LogP contribution in [0, 0.1) is 0 Å². The van der Waals surface area contributed by atoms with E-state index in [2.05, 4.69) is 161 Å². The molecule has 12 nitrogen and oxygen atoms in total. The molecule has 9 aromatic carbocycles. The number of aromatic hydroxyl groups is 6. The van der Waals surface area contributed by atoms with Crippen molar-refractivity contribution in [3.05, 3.63) is 246 Å². The largest absolute Gasteiger partial charge is 0.507 e. The van der Waals surface area contributed by atoms with Gasteiger partial charge in [0.15, 0.2) is 0 Å². The van der Waals surface area contributed by atoms with Crippen molar-refractivity contribution in [3.8, 4) is 34.5 Å². The van der Waals surface area contributed by atoms with E-state index in [0.29, 0.717) is 67.5 Å². The Morgan fingerprint density at radius 3 is 0.480 bits per heavy atom. The highest BCUT2D eigenvalue weighted by molar-refractivity contribution is 5.95. The highest BCUT2D eigenvalue weighted by Crippen LogP contribution is 2.61. The molecule has 0 spiro atoms. The maximum atomic E-state index is 11.9. The van der Waals surface area contributed by atoms with E-state index in [1.165, 1.54) is 0 Å². The van der Waals surface area contributed by atoms with Crippen LogP contribution < -0.4 is 0 Å². The second-order valence-electron chi connectivity index (χ2n) is 32.3. The molecule has 0 aromatic heterocycles. The number of nitrogens with zero attached hydrogens (tertiary/aromatic N) is 6. The molecular weight excluding hydrogens is 1210 g/mol. The van der Waals surface area contributed by atoms with Crippen molar-refractivity contribution < 1.29 is 30.6 Å². The second-order valence-corrected chi connectivity index (χ2v) is 32.3. The quantitative estimate of drug-likeness (QED) is 0.0658. The molecule has 2 bridgehead atoms. The molecular formula is C86H92N6O6. The van der Waals surface area contributed by atoms with Crippen LogP contribution in [0.1, 0.15) is 237 Å². The summed E-state index contributed by atoms with van der Waals surface area (Å²) in [5.41, 5.74) is 14.1. The van der Waals surface area contributed by atoms with Gasteiger partial charge < -0.3 is 30.6 Å². The van der Waals surface area contributed by atoms with Gasteiger partial charge in [0.05, 0.1) is 34.1 Å². The van der Waals surface area contributed by atoms with Gasteiger partial charge in [0, 0.05) is 82.5 Å². The number of hydrogen-bond donors (Lipinski definition) is 6. The summed E-state index contributed by atoms with van der Waals surface area (Å²) >= 11 is 0. The van der Waals surface area contributed by atoms with Gasteiger partial charge in [-0.05, 0) is 172 Å². The Balaban J connectivity index is 1.22. The maximum absolute atomic E-state index is 11.9. The Morgan fingerprint density at radius 1 is 0.224 bits per heavy atom. The van der Waals surface area contributed by atoms with Gasteiger partial charge in [0.25, 0.3) is 0 Å². The monoisotopic (exact) mass is 1300 g/mol. The summed E-state index contributed by atoms with van der Waals surface area (Å²) in [5.74, 6) is -0.311. The Kier molecular flexibility index (Phi) is 18.1. The van der Waals surface area contributed by atoms with Crippen LogP contribution in [0.25, 0.3) is 0 Å². The lowest BCUT2D eigenvalue weighted by Crippen LogP contribution is -2.27. The SMILES string of the molecule is CC(C)(C)c1cccc(C=Nc2cc3c(cc2N=Cc2cccc(C(C)(C)C)c2O)C2c4cc(N=Cc5cccc(C(C)(C)C)c5O)c(N=Cc5cccc(C(C)(C)C)c5O)cc4C3c3cc(N=Cc4cccc(C(C)(C)C)c4O)c(N=Cc4cccc(C(C)(C)C)c4O)cc32)c1O. The van der Waals surface area contributed by atoms with Crippen molar-refractivity contribution in [2.75, 3.05) is 0 Å².